The van der Waals surface area contributed by atoms with Crippen LogP contribution in [0.25, 0.3) is 0 Å². The quantitative estimate of drug-likeness (QED) is 0.913. The van der Waals surface area contributed by atoms with E-state index in [0.717, 1.165) is 26.4 Å². The molecule has 2 heterocycles. The molecule has 0 saturated heterocycles. The molecule has 0 fully saturated rings. The Morgan fingerprint density at radius 3 is 2.83 bits per heavy atom. The average Bonchev–Trinajstić information content (AvgIpc) is 2.75. The number of hydrogen-bond donors (Lipinski definition) is 1. The molecule has 0 atom stereocenters. The lowest BCUT2D eigenvalue weighted by atomic mass is 10.3. The van der Waals surface area contributed by atoms with E-state index >= 15 is 0 Å². The van der Waals surface area contributed by atoms with Gasteiger partial charge < -0.3 is 10.1 Å². The smallest absolute Gasteiger partial charge is 0.142 e. The minimum Gasteiger partial charge on any atom is -0.486 e. The largest absolute Gasteiger partial charge is 0.486 e. The van der Waals surface area contributed by atoms with Gasteiger partial charge in [-0.25, -0.2) is 0 Å². The van der Waals surface area contributed by atoms with Gasteiger partial charge in [-0.3, -0.25) is 4.98 Å². The number of rotatable bonds is 5. The second kappa shape index (κ2) is 6.18. The Labute approximate surface area is 116 Å². The van der Waals surface area contributed by atoms with Crippen molar-refractivity contribution >= 4 is 22.9 Å². The Kier molecular flexibility index (Phi) is 4.58. The molecule has 0 amide bonds. The van der Waals surface area contributed by atoms with Gasteiger partial charge >= 0.3 is 0 Å². The van der Waals surface area contributed by atoms with Gasteiger partial charge in [0.25, 0.3) is 0 Å². The van der Waals surface area contributed by atoms with Gasteiger partial charge in [0, 0.05) is 17.1 Å². The van der Waals surface area contributed by atoms with Gasteiger partial charge in [-0.1, -0.05) is 11.6 Å². The normalized spacial score (nSPS) is 10.6. The maximum absolute atomic E-state index is 5.88. The fourth-order valence-corrected chi connectivity index (χ4v) is 2.60. The minimum atomic E-state index is 0.527. The van der Waals surface area contributed by atoms with Crippen LogP contribution in [0.3, 0.4) is 0 Å². The topological polar surface area (TPSA) is 34.2 Å². The van der Waals surface area contributed by atoms with Gasteiger partial charge in [0.1, 0.15) is 12.4 Å². The van der Waals surface area contributed by atoms with E-state index in [0.29, 0.717) is 13.2 Å². The fourth-order valence-electron chi connectivity index (χ4n) is 1.60. The van der Waals surface area contributed by atoms with Gasteiger partial charge in [-0.15, -0.1) is 11.3 Å². The highest BCUT2D eigenvalue weighted by Crippen LogP contribution is 2.24. The van der Waals surface area contributed by atoms with Crippen molar-refractivity contribution in [2.75, 3.05) is 7.05 Å². The Morgan fingerprint density at radius 1 is 1.33 bits per heavy atom. The van der Waals surface area contributed by atoms with Crippen molar-refractivity contribution in [3.05, 3.63) is 44.9 Å². The molecule has 0 aliphatic heterocycles. The maximum Gasteiger partial charge on any atom is 0.142 e. The van der Waals surface area contributed by atoms with E-state index in [1.807, 2.05) is 38.2 Å². The van der Waals surface area contributed by atoms with Crippen LogP contribution in [0.4, 0.5) is 0 Å². The molecule has 0 unspecified atom stereocenters. The molecule has 0 radical (unpaired) electrons. The number of aromatic nitrogens is 1. The minimum absolute atomic E-state index is 0.527. The summed E-state index contributed by atoms with van der Waals surface area (Å²) in [4.78, 5) is 5.58. The van der Waals surface area contributed by atoms with Crippen molar-refractivity contribution in [2.24, 2.45) is 0 Å². The molecular weight excluding hydrogens is 268 g/mol. The molecule has 2 aromatic heterocycles. The standard InChI is InChI=1S/C13H15ClN2OS/c1-9-3-5-12(11(16-9)7-15-2)17-8-10-4-6-13(14)18-10/h3-6,15H,7-8H2,1-2H3. The zero-order valence-corrected chi connectivity index (χ0v) is 11.9. The Balaban J connectivity index is 2.08. The van der Waals surface area contributed by atoms with Crippen molar-refractivity contribution < 1.29 is 4.74 Å². The van der Waals surface area contributed by atoms with Crippen molar-refractivity contribution in [1.29, 1.82) is 0 Å². The monoisotopic (exact) mass is 282 g/mol. The molecule has 0 aliphatic carbocycles. The molecular formula is C13H15ClN2OS. The summed E-state index contributed by atoms with van der Waals surface area (Å²) in [5, 5.41) is 3.09. The van der Waals surface area contributed by atoms with Crippen molar-refractivity contribution in [1.82, 2.24) is 10.3 Å². The number of pyridine rings is 1. The third kappa shape index (κ3) is 3.45. The van der Waals surface area contributed by atoms with Gasteiger partial charge in [0.15, 0.2) is 0 Å². The summed E-state index contributed by atoms with van der Waals surface area (Å²) in [5.74, 6) is 0.819. The summed E-state index contributed by atoms with van der Waals surface area (Å²) in [7, 11) is 1.90. The van der Waals surface area contributed by atoms with E-state index in [1.165, 1.54) is 11.3 Å². The van der Waals surface area contributed by atoms with E-state index in [-0.39, 0.29) is 0 Å². The number of nitrogens with one attached hydrogen (secondary N) is 1. The number of nitrogens with zero attached hydrogens (tertiary/aromatic N) is 1. The highest BCUT2D eigenvalue weighted by Gasteiger charge is 2.06. The Hall–Kier alpha value is -1.10. The van der Waals surface area contributed by atoms with E-state index < -0.39 is 0 Å². The lowest BCUT2D eigenvalue weighted by Crippen LogP contribution is -2.10. The first-order valence-electron chi connectivity index (χ1n) is 5.67. The first-order chi connectivity index (χ1) is 8.69. The zero-order chi connectivity index (χ0) is 13.0. The van der Waals surface area contributed by atoms with Crippen LogP contribution in [0.1, 0.15) is 16.3 Å². The summed E-state index contributed by atoms with van der Waals surface area (Å²) >= 11 is 7.42. The van der Waals surface area contributed by atoms with Gasteiger partial charge in [-0.05, 0) is 38.2 Å². The molecule has 3 nitrogen and oxygen atoms in total. The van der Waals surface area contributed by atoms with Crippen molar-refractivity contribution in [3.8, 4) is 5.75 Å². The Morgan fingerprint density at radius 2 is 2.17 bits per heavy atom. The lowest BCUT2D eigenvalue weighted by molar-refractivity contribution is 0.304. The van der Waals surface area contributed by atoms with Crippen LogP contribution >= 0.6 is 22.9 Å². The van der Waals surface area contributed by atoms with Crippen LogP contribution in [-0.2, 0) is 13.2 Å². The molecule has 0 saturated carbocycles. The van der Waals surface area contributed by atoms with Crippen molar-refractivity contribution in [3.63, 3.8) is 0 Å². The second-order valence-corrected chi connectivity index (χ2v) is 5.72. The second-order valence-electron chi connectivity index (χ2n) is 3.92. The van der Waals surface area contributed by atoms with E-state index in [1.54, 1.807) is 0 Å². The molecule has 2 rings (SSSR count). The molecule has 2 aromatic rings. The fraction of sp³-hybridized carbons (Fsp3) is 0.308. The molecule has 18 heavy (non-hydrogen) atoms. The maximum atomic E-state index is 5.88. The van der Waals surface area contributed by atoms with Crippen molar-refractivity contribution in [2.45, 2.75) is 20.1 Å². The van der Waals surface area contributed by atoms with Crippen LogP contribution in [-0.4, -0.2) is 12.0 Å². The number of hydrogen-bond acceptors (Lipinski definition) is 4. The van der Waals surface area contributed by atoms with Crippen LogP contribution in [0, 0.1) is 6.92 Å². The summed E-state index contributed by atoms with van der Waals surface area (Å²) < 4.78 is 6.58. The van der Waals surface area contributed by atoms with E-state index in [9.17, 15) is 0 Å². The molecule has 0 aromatic carbocycles. The third-order valence-corrected chi connectivity index (χ3v) is 3.62. The number of ether oxygens (including phenoxy) is 1. The van der Waals surface area contributed by atoms with Gasteiger partial charge in [0.2, 0.25) is 0 Å². The highest BCUT2D eigenvalue weighted by atomic mass is 35.5. The SMILES string of the molecule is CNCc1nc(C)ccc1OCc1ccc(Cl)s1. The first-order valence-corrected chi connectivity index (χ1v) is 6.86. The van der Waals surface area contributed by atoms with Gasteiger partial charge in [-0.2, -0.15) is 0 Å². The summed E-state index contributed by atoms with van der Waals surface area (Å²) in [6.45, 7) is 3.20. The predicted molar refractivity (Wildman–Crippen MR) is 75.4 cm³/mol. The van der Waals surface area contributed by atoms with Crippen LogP contribution in [0.15, 0.2) is 24.3 Å². The molecule has 0 spiro atoms. The highest BCUT2D eigenvalue weighted by molar-refractivity contribution is 7.16. The summed E-state index contributed by atoms with van der Waals surface area (Å²) in [6, 6.07) is 7.78. The van der Waals surface area contributed by atoms with E-state index in [2.05, 4.69) is 10.3 Å². The number of thiophene rings is 1. The Bertz CT molecular complexity index is 527. The lowest BCUT2D eigenvalue weighted by Gasteiger charge is -2.10. The van der Waals surface area contributed by atoms with Crippen LogP contribution in [0.5, 0.6) is 5.75 Å². The molecule has 1 N–H and O–H groups in total. The average molecular weight is 283 g/mol. The van der Waals surface area contributed by atoms with E-state index in [4.69, 9.17) is 16.3 Å². The molecule has 5 heteroatoms. The third-order valence-electron chi connectivity index (χ3n) is 2.41. The number of halogens is 1. The molecule has 0 bridgehead atoms. The van der Waals surface area contributed by atoms with Crippen LogP contribution in [0.2, 0.25) is 4.34 Å². The summed E-state index contributed by atoms with van der Waals surface area (Å²) in [6.07, 6.45) is 0. The first kappa shape index (κ1) is 13.3. The zero-order valence-electron chi connectivity index (χ0n) is 10.4. The van der Waals surface area contributed by atoms with Gasteiger partial charge in [0.05, 0.1) is 10.0 Å². The van der Waals surface area contributed by atoms with Crippen LogP contribution < -0.4 is 10.1 Å². The molecule has 0 aliphatic rings. The summed E-state index contributed by atoms with van der Waals surface area (Å²) in [5.41, 5.74) is 1.92. The molecule has 96 valence electrons. The number of aryl methyl sites for hydroxylation is 1. The predicted octanol–water partition coefficient (Wildman–Crippen LogP) is 3.40.